The van der Waals surface area contributed by atoms with Gasteiger partial charge in [-0.2, -0.15) is 0 Å². The number of hydrogen-bond donors (Lipinski definition) is 2. The molecular formula is C6H16ClO3P. The van der Waals surface area contributed by atoms with Crippen molar-refractivity contribution in [1.82, 2.24) is 0 Å². The Morgan fingerprint density at radius 1 is 1.45 bits per heavy atom. The fourth-order valence-electron chi connectivity index (χ4n) is 0.409. The number of halogens is 1. The summed E-state index contributed by atoms with van der Waals surface area (Å²) < 4.78 is 4.94. The van der Waals surface area contributed by atoms with Crippen LogP contribution in [0, 0.1) is 0 Å². The van der Waals surface area contributed by atoms with Crippen molar-refractivity contribution < 1.29 is 14.3 Å². The Labute approximate surface area is 72.5 Å². The maximum absolute atomic E-state index is 9.59. The molecule has 0 aliphatic carbocycles. The summed E-state index contributed by atoms with van der Waals surface area (Å²) in [5.74, 6) is 0.277. The molecule has 70 valence electrons. The van der Waals surface area contributed by atoms with Crippen LogP contribution in [-0.4, -0.2) is 34.6 Å². The van der Waals surface area contributed by atoms with E-state index in [0.717, 1.165) is 0 Å². The third-order valence-corrected chi connectivity index (χ3v) is 5.03. The van der Waals surface area contributed by atoms with Crippen molar-refractivity contribution >= 4 is 18.9 Å². The summed E-state index contributed by atoms with van der Waals surface area (Å²) in [6.45, 7) is 4.96. The van der Waals surface area contributed by atoms with Crippen molar-refractivity contribution in [3.63, 3.8) is 0 Å². The fourth-order valence-corrected chi connectivity index (χ4v) is 1.43. The molecule has 0 atom stereocenters. The van der Waals surface area contributed by atoms with Crippen LogP contribution in [0.25, 0.3) is 0 Å². The van der Waals surface area contributed by atoms with Gasteiger partial charge >= 0.3 is 71.9 Å². The number of rotatable bonds is 4. The Bertz CT molecular complexity index is 130. The molecular weight excluding hydrogens is 186 g/mol. The van der Waals surface area contributed by atoms with E-state index in [-0.39, 0.29) is 18.1 Å². The van der Waals surface area contributed by atoms with Gasteiger partial charge in [0.25, 0.3) is 0 Å². The molecule has 0 saturated heterocycles. The summed E-state index contributed by atoms with van der Waals surface area (Å²) >= 11 is 5.35. The molecule has 0 radical (unpaired) electrons. The molecule has 0 bridgehead atoms. The molecule has 0 rings (SSSR count). The standard InChI is InChI=1S/C6H16ClO3P/c1-6(2)11(3,8,9)10-5-4-7/h6,8-9H,4-5H2,1-3H3. The minimum atomic E-state index is -3.85. The van der Waals surface area contributed by atoms with Gasteiger partial charge in [0.05, 0.1) is 0 Å². The third-order valence-electron chi connectivity index (χ3n) is 1.68. The Balaban J connectivity index is 4.14. The normalized spacial score (nSPS) is 16.5. The second kappa shape index (κ2) is 3.55. The van der Waals surface area contributed by atoms with E-state index in [1.54, 1.807) is 13.8 Å². The molecule has 0 fully saturated rings. The molecule has 11 heavy (non-hydrogen) atoms. The molecule has 0 heterocycles. The summed E-state index contributed by atoms with van der Waals surface area (Å²) in [5, 5.41) is 0. The van der Waals surface area contributed by atoms with Crippen LogP contribution < -0.4 is 0 Å². The van der Waals surface area contributed by atoms with Crippen LogP contribution in [0.4, 0.5) is 0 Å². The molecule has 3 nitrogen and oxygen atoms in total. The second-order valence-corrected chi connectivity index (χ2v) is 7.57. The van der Waals surface area contributed by atoms with E-state index >= 15 is 0 Å². The molecule has 0 aromatic carbocycles. The van der Waals surface area contributed by atoms with Crippen LogP contribution in [0.2, 0.25) is 0 Å². The van der Waals surface area contributed by atoms with E-state index in [4.69, 9.17) is 16.1 Å². The van der Waals surface area contributed by atoms with Crippen molar-refractivity contribution in [2.75, 3.05) is 19.2 Å². The molecule has 0 aromatic heterocycles. The maximum atomic E-state index is 9.59. The molecule has 0 spiro atoms. The van der Waals surface area contributed by atoms with Crippen molar-refractivity contribution in [3.05, 3.63) is 0 Å². The van der Waals surface area contributed by atoms with Gasteiger partial charge in [-0.15, -0.1) is 0 Å². The summed E-state index contributed by atoms with van der Waals surface area (Å²) in [5.41, 5.74) is -0.274. The van der Waals surface area contributed by atoms with Crippen LogP contribution in [0.1, 0.15) is 13.8 Å². The Morgan fingerprint density at radius 3 is 2.18 bits per heavy atom. The van der Waals surface area contributed by atoms with Gasteiger partial charge in [0.1, 0.15) is 0 Å². The van der Waals surface area contributed by atoms with E-state index in [2.05, 4.69) is 0 Å². The summed E-state index contributed by atoms with van der Waals surface area (Å²) in [4.78, 5) is 19.2. The van der Waals surface area contributed by atoms with E-state index in [9.17, 15) is 9.79 Å². The summed E-state index contributed by atoms with van der Waals surface area (Å²) in [6.07, 6.45) is 0. The third kappa shape index (κ3) is 3.68. The molecule has 0 aliphatic heterocycles. The predicted molar refractivity (Wildman–Crippen MR) is 49.1 cm³/mol. The quantitative estimate of drug-likeness (QED) is 0.537. The molecule has 0 amide bonds. The van der Waals surface area contributed by atoms with Crippen LogP contribution in [0.3, 0.4) is 0 Å². The predicted octanol–water partition coefficient (Wildman–Crippen LogP) is 1.56. The van der Waals surface area contributed by atoms with Gasteiger partial charge in [-0.1, -0.05) is 0 Å². The number of hydrogen-bond acceptors (Lipinski definition) is 3. The van der Waals surface area contributed by atoms with Crippen LogP contribution >= 0.6 is 18.9 Å². The van der Waals surface area contributed by atoms with Gasteiger partial charge in [0.2, 0.25) is 0 Å². The first-order valence-corrected chi connectivity index (χ1v) is 6.61. The van der Waals surface area contributed by atoms with E-state index in [1.807, 2.05) is 0 Å². The van der Waals surface area contributed by atoms with Crippen LogP contribution in [0.15, 0.2) is 0 Å². The van der Waals surface area contributed by atoms with E-state index in [0.29, 0.717) is 0 Å². The van der Waals surface area contributed by atoms with Gasteiger partial charge in [0, 0.05) is 0 Å². The summed E-state index contributed by atoms with van der Waals surface area (Å²) in [6, 6.07) is 0. The SMILES string of the molecule is CC(C)P(C)(O)(O)OCCCl. The Hall–Kier alpha value is 0.600. The fraction of sp³-hybridized carbons (Fsp3) is 1.00. The Morgan fingerprint density at radius 2 is 1.91 bits per heavy atom. The number of alkyl halides is 1. The molecule has 2 N–H and O–H groups in total. The van der Waals surface area contributed by atoms with Crippen LogP contribution in [-0.2, 0) is 4.52 Å². The van der Waals surface area contributed by atoms with Crippen molar-refractivity contribution in [2.45, 2.75) is 19.5 Å². The first-order chi connectivity index (χ1) is 4.78. The van der Waals surface area contributed by atoms with E-state index < -0.39 is 7.28 Å². The van der Waals surface area contributed by atoms with Crippen molar-refractivity contribution in [1.29, 1.82) is 0 Å². The average Bonchev–Trinajstić information content (AvgIpc) is 1.83. The van der Waals surface area contributed by atoms with Gasteiger partial charge in [-0.3, -0.25) is 0 Å². The molecule has 0 aliphatic rings. The van der Waals surface area contributed by atoms with Gasteiger partial charge in [-0.05, 0) is 0 Å². The first kappa shape index (κ1) is 11.6. The van der Waals surface area contributed by atoms with Crippen molar-refractivity contribution in [3.8, 4) is 0 Å². The zero-order chi connectivity index (χ0) is 9.15. The minimum absolute atomic E-state index is 0.182. The zero-order valence-electron chi connectivity index (χ0n) is 7.12. The average molecular weight is 203 g/mol. The molecule has 0 aromatic rings. The van der Waals surface area contributed by atoms with Gasteiger partial charge in [0.15, 0.2) is 0 Å². The van der Waals surface area contributed by atoms with Gasteiger partial charge in [-0.25, -0.2) is 0 Å². The zero-order valence-corrected chi connectivity index (χ0v) is 8.77. The van der Waals surface area contributed by atoms with Crippen LogP contribution in [0.5, 0.6) is 0 Å². The molecule has 0 unspecified atom stereocenters. The van der Waals surface area contributed by atoms with Crippen molar-refractivity contribution in [2.24, 2.45) is 0 Å². The first-order valence-electron chi connectivity index (χ1n) is 3.50. The topological polar surface area (TPSA) is 49.7 Å². The Kier molecular flexibility index (Phi) is 3.74. The van der Waals surface area contributed by atoms with E-state index in [1.165, 1.54) is 6.66 Å². The monoisotopic (exact) mass is 202 g/mol. The molecule has 5 heteroatoms. The summed E-state index contributed by atoms with van der Waals surface area (Å²) in [7, 11) is -3.85. The molecule has 0 saturated carbocycles. The second-order valence-electron chi connectivity index (χ2n) is 3.05. The van der Waals surface area contributed by atoms with Gasteiger partial charge < -0.3 is 0 Å².